The van der Waals surface area contributed by atoms with E-state index in [2.05, 4.69) is 5.32 Å². The van der Waals surface area contributed by atoms with Crippen molar-refractivity contribution in [1.82, 2.24) is 5.32 Å². The molecule has 1 heterocycles. The first kappa shape index (κ1) is 11.7. The molecular formula is C10H12NO3S-. The zero-order valence-corrected chi connectivity index (χ0v) is 9.60. The van der Waals surface area contributed by atoms with Gasteiger partial charge in [-0.2, -0.15) is 0 Å². The van der Waals surface area contributed by atoms with Gasteiger partial charge in [-0.25, -0.2) is 0 Å². The van der Waals surface area contributed by atoms with Crippen molar-refractivity contribution >= 4 is 23.2 Å². The largest absolute Gasteiger partial charge is 0.544 e. The number of hydrogen-bond acceptors (Lipinski definition) is 4. The lowest BCUT2D eigenvalue weighted by atomic mass is 10.1. The van der Waals surface area contributed by atoms with Gasteiger partial charge in [-0.05, 0) is 32.9 Å². The van der Waals surface area contributed by atoms with E-state index in [4.69, 9.17) is 0 Å². The minimum atomic E-state index is -1.25. The van der Waals surface area contributed by atoms with Crippen LogP contribution in [0.3, 0.4) is 0 Å². The molecule has 0 spiro atoms. The minimum absolute atomic E-state index is 0.0639. The highest BCUT2D eigenvalue weighted by Crippen LogP contribution is 2.16. The molecule has 4 nitrogen and oxygen atoms in total. The second-order valence-electron chi connectivity index (χ2n) is 4.16. The van der Waals surface area contributed by atoms with Crippen LogP contribution in [0.2, 0.25) is 0 Å². The molecule has 5 heteroatoms. The van der Waals surface area contributed by atoms with E-state index >= 15 is 0 Å². The Kier molecular flexibility index (Phi) is 3.14. The smallest absolute Gasteiger partial charge is 0.261 e. The SMILES string of the molecule is CC(C)(C)NC(=O)c1ccc(C(=O)[O-])s1. The maximum atomic E-state index is 11.6. The molecule has 0 radical (unpaired) electrons. The fourth-order valence-corrected chi connectivity index (χ4v) is 1.71. The van der Waals surface area contributed by atoms with Crippen LogP contribution in [0.4, 0.5) is 0 Å². The van der Waals surface area contributed by atoms with Crippen LogP contribution in [0, 0.1) is 0 Å². The van der Waals surface area contributed by atoms with Gasteiger partial charge >= 0.3 is 0 Å². The van der Waals surface area contributed by atoms with Crippen LogP contribution in [-0.2, 0) is 0 Å². The molecule has 1 N–H and O–H groups in total. The van der Waals surface area contributed by atoms with E-state index in [1.54, 1.807) is 0 Å². The molecule has 0 aliphatic rings. The van der Waals surface area contributed by atoms with E-state index in [0.717, 1.165) is 11.3 Å². The Labute approximate surface area is 91.9 Å². The summed E-state index contributed by atoms with van der Waals surface area (Å²) in [6.07, 6.45) is 0. The van der Waals surface area contributed by atoms with Crippen LogP contribution in [-0.4, -0.2) is 17.4 Å². The average molecular weight is 226 g/mol. The molecule has 1 aromatic heterocycles. The van der Waals surface area contributed by atoms with E-state index in [0.29, 0.717) is 4.88 Å². The molecule has 1 amide bonds. The molecule has 1 aromatic rings. The summed E-state index contributed by atoms with van der Waals surface area (Å²) in [4.78, 5) is 22.5. The predicted molar refractivity (Wildman–Crippen MR) is 55.9 cm³/mol. The fourth-order valence-electron chi connectivity index (χ4n) is 0.972. The number of carboxylic acids is 1. The molecule has 0 unspecified atom stereocenters. The van der Waals surface area contributed by atoms with Crippen molar-refractivity contribution in [2.24, 2.45) is 0 Å². The zero-order chi connectivity index (χ0) is 11.6. The van der Waals surface area contributed by atoms with Crippen molar-refractivity contribution in [1.29, 1.82) is 0 Å². The minimum Gasteiger partial charge on any atom is -0.544 e. The van der Waals surface area contributed by atoms with E-state index in [1.807, 2.05) is 20.8 Å². The summed E-state index contributed by atoms with van der Waals surface area (Å²) in [5, 5.41) is 13.2. The van der Waals surface area contributed by atoms with Crippen LogP contribution in [0.15, 0.2) is 12.1 Å². The van der Waals surface area contributed by atoms with Crippen LogP contribution in [0.25, 0.3) is 0 Å². The maximum Gasteiger partial charge on any atom is 0.261 e. The van der Waals surface area contributed by atoms with Gasteiger partial charge in [0.25, 0.3) is 5.91 Å². The number of thiophene rings is 1. The molecule has 0 saturated carbocycles. The van der Waals surface area contributed by atoms with Gasteiger partial charge in [0.1, 0.15) is 0 Å². The number of aromatic carboxylic acids is 1. The van der Waals surface area contributed by atoms with Crippen molar-refractivity contribution in [3.05, 3.63) is 21.9 Å². The molecule has 0 aliphatic carbocycles. The number of rotatable bonds is 2. The Morgan fingerprint density at radius 2 is 1.80 bits per heavy atom. The molecule has 15 heavy (non-hydrogen) atoms. The number of carbonyl (C=O) groups excluding carboxylic acids is 2. The number of amides is 1. The lowest BCUT2D eigenvalue weighted by molar-refractivity contribution is -0.254. The van der Waals surface area contributed by atoms with Gasteiger partial charge in [-0.3, -0.25) is 4.79 Å². The Bertz CT molecular complexity index is 390. The molecular weight excluding hydrogens is 214 g/mol. The van der Waals surface area contributed by atoms with Crippen molar-refractivity contribution in [3.8, 4) is 0 Å². The summed E-state index contributed by atoms with van der Waals surface area (Å²) in [7, 11) is 0. The number of nitrogens with one attached hydrogen (secondary N) is 1. The van der Waals surface area contributed by atoms with Crippen molar-refractivity contribution in [2.75, 3.05) is 0 Å². The standard InChI is InChI=1S/C10H13NO3S/c1-10(2,3)11-8(12)6-4-5-7(15-6)9(13)14/h4-5H,1-3H3,(H,11,12)(H,13,14)/p-1. The molecule has 0 aliphatic heterocycles. The van der Waals surface area contributed by atoms with E-state index < -0.39 is 5.97 Å². The summed E-state index contributed by atoms with van der Waals surface area (Å²) in [5.74, 6) is -1.52. The molecule has 0 fully saturated rings. The predicted octanol–water partition coefficient (Wildman–Crippen LogP) is 0.640. The third kappa shape index (κ3) is 3.36. The van der Waals surface area contributed by atoms with Crippen LogP contribution < -0.4 is 10.4 Å². The highest BCUT2D eigenvalue weighted by atomic mass is 32.1. The van der Waals surface area contributed by atoms with E-state index in [9.17, 15) is 14.7 Å². The van der Waals surface area contributed by atoms with Crippen LogP contribution >= 0.6 is 11.3 Å². The molecule has 0 bridgehead atoms. The van der Waals surface area contributed by atoms with Crippen molar-refractivity contribution in [3.63, 3.8) is 0 Å². The lowest BCUT2D eigenvalue weighted by Gasteiger charge is -2.19. The highest BCUT2D eigenvalue weighted by Gasteiger charge is 2.16. The van der Waals surface area contributed by atoms with E-state index in [1.165, 1.54) is 12.1 Å². The zero-order valence-electron chi connectivity index (χ0n) is 8.79. The molecule has 0 saturated heterocycles. The number of hydrogen-bond donors (Lipinski definition) is 1. The Balaban J connectivity index is 2.79. The first-order valence-corrected chi connectivity index (χ1v) is 5.25. The number of carboxylic acid groups (broad SMARTS) is 1. The Hall–Kier alpha value is -1.36. The lowest BCUT2D eigenvalue weighted by Crippen LogP contribution is -2.40. The number of carbonyl (C=O) groups is 2. The Morgan fingerprint density at radius 3 is 2.20 bits per heavy atom. The van der Waals surface area contributed by atoms with Gasteiger partial charge in [0.05, 0.1) is 15.7 Å². The summed E-state index contributed by atoms with van der Waals surface area (Å²) in [6, 6.07) is 2.86. The first-order valence-electron chi connectivity index (χ1n) is 4.43. The van der Waals surface area contributed by atoms with Gasteiger partial charge in [-0.1, -0.05) is 0 Å². The molecule has 0 atom stereocenters. The third-order valence-corrected chi connectivity index (χ3v) is 2.58. The van der Waals surface area contributed by atoms with Gasteiger partial charge in [0, 0.05) is 5.54 Å². The van der Waals surface area contributed by atoms with Crippen molar-refractivity contribution in [2.45, 2.75) is 26.3 Å². The molecule has 1 rings (SSSR count). The van der Waals surface area contributed by atoms with Crippen LogP contribution in [0.5, 0.6) is 0 Å². The third-order valence-electron chi connectivity index (χ3n) is 1.52. The monoisotopic (exact) mass is 226 g/mol. The highest BCUT2D eigenvalue weighted by molar-refractivity contribution is 7.15. The summed E-state index contributed by atoms with van der Waals surface area (Å²) in [6.45, 7) is 5.58. The molecule has 82 valence electrons. The maximum absolute atomic E-state index is 11.6. The average Bonchev–Trinajstić information content (AvgIpc) is 2.47. The van der Waals surface area contributed by atoms with Crippen molar-refractivity contribution < 1.29 is 14.7 Å². The van der Waals surface area contributed by atoms with Gasteiger partial charge in [0.2, 0.25) is 0 Å². The summed E-state index contributed by atoms with van der Waals surface area (Å²) < 4.78 is 0. The molecule has 0 aromatic carbocycles. The topological polar surface area (TPSA) is 69.2 Å². The van der Waals surface area contributed by atoms with Gasteiger partial charge in [0.15, 0.2) is 0 Å². The van der Waals surface area contributed by atoms with Gasteiger partial charge < -0.3 is 15.2 Å². The summed E-state index contributed by atoms with van der Waals surface area (Å²) in [5.41, 5.74) is -0.331. The Morgan fingerprint density at radius 1 is 1.27 bits per heavy atom. The van der Waals surface area contributed by atoms with Gasteiger partial charge in [-0.15, -0.1) is 11.3 Å². The van der Waals surface area contributed by atoms with Crippen LogP contribution in [0.1, 0.15) is 40.1 Å². The summed E-state index contributed by atoms with van der Waals surface area (Å²) >= 11 is 0.916. The fraction of sp³-hybridized carbons (Fsp3) is 0.400. The normalized spacial score (nSPS) is 11.1. The second kappa shape index (κ2) is 4.02. The van der Waals surface area contributed by atoms with E-state index in [-0.39, 0.29) is 16.3 Å². The first-order chi connectivity index (χ1) is 6.79. The quantitative estimate of drug-likeness (QED) is 0.804. The second-order valence-corrected chi connectivity index (χ2v) is 5.24.